The van der Waals surface area contributed by atoms with Crippen molar-refractivity contribution in [1.82, 2.24) is 10.2 Å². The molecule has 0 aromatic rings. The molecule has 2 aliphatic heterocycles. The maximum atomic E-state index is 12.6. The molecule has 31 heavy (non-hydrogen) atoms. The van der Waals surface area contributed by atoms with Crippen LogP contribution in [0.5, 0.6) is 0 Å². The molecule has 0 aromatic carbocycles. The maximum Gasteiger partial charge on any atom is 0.220 e. The van der Waals surface area contributed by atoms with Crippen molar-refractivity contribution < 1.29 is 19.4 Å². The van der Waals surface area contributed by atoms with Gasteiger partial charge in [-0.2, -0.15) is 0 Å². The van der Waals surface area contributed by atoms with Gasteiger partial charge in [0.15, 0.2) is 0 Å². The molecule has 2 fully saturated rings. The number of carbonyl (C=O) groups excluding carboxylic acids is 1. The van der Waals surface area contributed by atoms with Gasteiger partial charge in [-0.05, 0) is 56.5 Å². The number of allylic oxidation sites excluding steroid dienone is 2. The number of carbonyl (C=O) groups is 1. The van der Waals surface area contributed by atoms with E-state index in [-0.39, 0.29) is 18.1 Å². The average Bonchev–Trinajstić information content (AvgIpc) is 3.17. The van der Waals surface area contributed by atoms with Crippen LogP contribution in [-0.2, 0) is 14.3 Å². The molecule has 0 saturated carbocycles. The van der Waals surface area contributed by atoms with E-state index in [0.29, 0.717) is 26.1 Å². The van der Waals surface area contributed by atoms with Gasteiger partial charge in [0.25, 0.3) is 0 Å². The molecule has 3 aliphatic rings. The van der Waals surface area contributed by atoms with E-state index in [0.717, 1.165) is 43.8 Å². The molecule has 1 unspecified atom stereocenters. The van der Waals surface area contributed by atoms with Gasteiger partial charge >= 0.3 is 0 Å². The lowest BCUT2D eigenvalue weighted by molar-refractivity contribution is -0.122. The van der Waals surface area contributed by atoms with E-state index < -0.39 is 6.10 Å². The van der Waals surface area contributed by atoms with E-state index in [1.165, 1.54) is 32.1 Å². The van der Waals surface area contributed by atoms with Gasteiger partial charge in [-0.25, -0.2) is 0 Å². The first kappa shape index (κ1) is 24.0. The number of hydrogen-bond donors (Lipinski definition) is 2. The predicted molar refractivity (Wildman–Crippen MR) is 123 cm³/mol. The molecule has 174 valence electrons. The van der Waals surface area contributed by atoms with Crippen LogP contribution in [0.15, 0.2) is 35.6 Å². The smallest absolute Gasteiger partial charge is 0.220 e. The molecule has 0 spiro atoms. The van der Waals surface area contributed by atoms with Crippen molar-refractivity contribution in [3.8, 4) is 0 Å². The normalized spacial score (nSPS) is 23.2. The number of rotatable bonds is 12. The molecule has 0 bridgehead atoms. The first-order chi connectivity index (χ1) is 15.2. The van der Waals surface area contributed by atoms with Crippen molar-refractivity contribution in [3.63, 3.8) is 0 Å². The van der Waals surface area contributed by atoms with E-state index in [9.17, 15) is 9.90 Å². The Labute approximate surface area is 187 Å². The Morgan fingerprint density at radius 1 is 1.19 bits per heavy atom. The first-order valence-corrected chi connectivity index (χ1v) is 12.2. The third kappa shape index (κ3) is 8.09. The number of nitrogens with one attached hydrogen (secondary N) is 1. The zero-order chi connectivity index (χ0) is 21.9. The van der Waals surface area contributed by atoms with Gasteiger partial charge in [0, 0.05) is 19.0 Å². The lowest BCUT2D eigenvalue weighted by atomic mass is 10.0. The van der Waals surface area contributed by atoms with Crippen LogP contribution >= 0.6 is 0 Å². The summed E-state index contributed by atoms with van der Waals surface area (Å²) in [6.45, 7) is 6.28. The summed E-state index contributed by atoms with van der Waals surface area (Å²) in [4.78, 5) is 15.0. The number of aliphatic hydroxyl groups is 1. The van der Waals surface area contributed by atoms with Crippen LogP contribution in [0.25, 0.3) is 0 Å². The Morgan fingerprint density at radius 2 is 2.00 bits per heavy atom. The summed E-state index contributed by atoms with van der Waals surface area (Å²) >= 11 is 0. The summed E-state index contributed by atoms with van der Waals surface area (Å²) in [5.74, 6) is 0.892. The molecule has 6 heteroatoms. The largest absolute Gasteiger partial charge is 0.492 e. The van der Waals surface area contributed by atoms with Crippen molar-refractivity contribution in [2.24, 2.45) is 0 Å². The summed E-state index contributed by atoms with van der Waals surface area (Å²) in [6.07, 6.45) is 16.0. The Bertz CT molecular complexity index is 652. The second-order valence-corrected chi connectivity index (χ2v) is 8.92. The summed E-state index contributed by atoms with van der Waals surface area (Å²) in [6, 6.07) is -0.0591. The van der Waals surface area contributed by atoms with E-state index in [2.05, 4.69) is 17.1 Å². The van der Waals surface area contributed by atoms with Gasteiger partial charge in [0.05, 0.1) is 12.7 Å². The molecule has 2 saturated heterocycles. The van der Waals surface area contributed by atoms with E-state index in [4.69, 9.17) is 9.47 Å². The Hall–Kier alpha value is -1.63. The number of amides is 1. The third-order valence-electron chi connectivity index (χ3n) is 6.28. The Kier molecular flexibility index (Phi) is 10.1. The van der Waals surface area contributed by atoms with Crippen LogP contribution in [0.1, 0.15) is 64.7 Å². The highest BCUT2D eigenvalue weighted by molar-refractivity contribution is 5.76. The number of fused-ring (bicyclic) bond motifs is 1. The molecule has 2 N–H and O–H groups in total. The first-order valence-electron chi connectivity index (χ1n) is 12.2. The molecule has 2 heterocycles. The Morgan fingerprint density at radius 3 is 2.81 bits per heavy atom. The lowest BCUT2D eigenvalue weighted by Crippen LogP contribution is -2.45. The highest BCUT2D eigenvalue weighted by Gasteiger charge is 2.25. The van der Waals surface area contributed by atoms with Gasteiger partial charge in [-0.15, -0.1) is 0 Å². The van der Waals surface area contributed by atoms with Gasteiger partial charge in [0.1, 0.15) is 18.5 Å². The molecule has 3 atom stereocenters. The monoisotopic (exact) mass is 432 g/mol. The summed E-state index contributed by atoms with van der Waals surface area (Å²) in [5.41, 5.74) is 0.828. The van der Waals surface area contributed by atoms with Gasteiger partial charge in [0.2, 0.25) is 5.91 Å². The number of unbranched alkanes of at least 4 members (excludes halogenated alkanes) is 4. The van der Waals surface area contributed by atoms with E-state index in [1.807, 2.05) is 24.3 Å². The lowest BCUT2D eigenvalue weighted by Gasteiger charge is -2.27. The topological polar surface area (TPSA) is 71.0 Å². The third-order valence-corrected chi connectivity index (χ3v) is 6.28. The minimum atomic E-state index is -0.647. The average molecular weight is 433 g/mol. The van der Waals surface area contributed by atoms with E-state index in [1.54, 1.807) is 0 Å². The number of nitrogens with zero attached hydrogens (tertiary/aromatic N) is 1. The summed E-state index contributed by atoms with van der Waals surface area (Å²) < 4.78 is 11.4. The van der Waals surface area contributed by atoms with Crippen LogP contribution in [0.3, 0.4) is 0 Å². The molecular weight excluding hydrogens is 392 g/mol. The highest BCUT2D eigenvalue weighted by atomic mass is 16.6. The molecule has 0 radical (unpaired) electrons. The standard InChI is InChI=1S/C25H40N2O4/c1-2-3-4-5-6-9-25(29)26-21(19-27-14-7-8-15-27)18-22(28)20-10-12-23-24(13-11-20)31-17-16-30-23/h10-13,21-23,28H,2-9,14-19H2,1H3,(H,26,29)/t21-,22-,23?/m0/s1. The second kappa shape index (κ2) is 13.0. The van der Waals surface area contributed by atoms with Crippen molar-refractivity contribution in [2.45, 2.75) is 83.0 Å². The van der Waals surface area contributed by atoms with Crippen molar-refractivity contribution >= 4 is 5.91 Å². The zero-order valence-electron chi connectivity index (χ0n) is 19.1. The molecule has 6 nitrogen and oxygen atoms in total. The van der Waals surface area contributed by atoms with E-state index >= 15 is 0 Å². The molecule has 0 aromatic heterocycles. The predicted octanol–water partition coefficient (Wildman–Crippen LogP) is 3.47. The number of hydrogen-bond acceptors (Lipinski definition) is 5. The second-order valence-electron chi connectivity index (χ2n) is 8.92. The fourth-order valence-electron chi connectivity index (χ4n) is 4.50. The minimum absolute atomic E-state index is 0.0591. The Balaban J connectivity index is 1.55. The summed E-state index contributed by atoms with van der Waals surface area (Å²) in [5, 5.41) is 14.2. The van der Waals surface area contributed by atoms with Crippen LogP contribution in [0, 0.1) is 0 Å². The summed E-state index contributed by atoms with van der Waals surface area (Å²) in [7, 11) is 0. The minimum Gasteiger partial charge on any atom is -0.492 e. The van der Waals surface area contributed by atoms with Crippen molar-refractivity contribution in [2.75, 3.05) is 32.8 Å². The molecule has 1 aliphatic carbocycles. The van der Waals surface area contributed by atoms with Crippen molar-refractivity contribution in [1.29, 1.82) is 0 Å². The number of aliphatic hydroxyl groups excluding tert-OH is 1. The van der Waals surface area contributed by atoms with Crippen LogP contribution < -0.4 is 5.32 Å². The molecule has 3 rings (SSSR count). The fraction of sp³-hybridized carbons (Fsp3) is 0.720. The highest BCUT2D eigenvalue weighted by Crippen LogP contribution is 2.22. The molecule has 1 amide bonds. The SMILES string of the molecule is CCCCCCCC(=O)N[C@@H](C[C@H](O)C1=CC=C2OCCOC2C=C1)CN1CCCC1. The maximum absolute atomic E-state index is 12.6. The van der Waals surface area contributed by atoms with Crippen LogP contribution in [-0.4, -0.2) is 67.0 Å². The fourth-order valence-corrected chi connectivity index (χ4v) is 4.50. The zero-order valence-corrected chi connectivity index (χ0v) is 19.1. The van der Waals surface area contributed by atoms with Gasteiger partial charge < -0.3 is 24.8 Å². The van der Waals surface area contributed by atoms with Crippen LogP contribution in [0.2, 0.25) is 0 Å². The van der Waals surface area contributed by atoms with Gasteiger partial charge in [-0.3, -0.25) is 4.79 Å². The number of ether oxygens (including phenoxy) is 2. The van der Waals surface area contributed by atoms with Crippen molar-refractivity contribution in [3.05, 3.63) is 35.6 Å². The quantitative estimate of drug-likeness (QED) is 0.462. The molecular formula is C25H40N2O4. The number of likely N-dealkylation sites (tertiary alicyclic amines) is 1. The van der Waals surface area contributed by atoms with Gasteiger partial charge in [-0.1, -0.05) is 44.8 Å². The van der Waals surface area contributed by atoms with Crippen LogP contribution in [0.4, 0.5) is 0 Å².